The van der Waals surface area contributed by atoms with Crippen molar-refractivity contribution in [2.24, 2.45) is 5.10 Å². The third kappa shape index (κ3) is 2.11. The van der Waals surface area contributed by atoms with Crippen LogP contribution in [0.5, 0.6) is 0 Å². The van der Waals surface area contributed by atoms with Crippen LogP contribution < -0.4 is 5.43 Å². The van der Waals surface area contributed by atoms with E-state index in [1.54, 1.807) is 18.3 Å². The summed E-state index contributed by atoms with van der Waals surface area (Å²) in [6.45, 7) is 0.691. The molecule has 0 saturated carbocycles. The zero-order chi connectivity index (χ0) is 12.5. The van der Waals surface area contributed by atoms with E-state index in [2.05, 4.69) is 15.5 Å². The van der Waals surface area contributed by atoms with Gasteiger partial charge in [0.2, 0.25) is 0 Å². The van der Waals surface area contributed by atoms with E-state index in [1.165, 1.54) is 23.5 Å². The smallest absolute Gasteiger partial charge is 0.123 e. The first-order valence-corrected chi connectivity index (χ1v) is 6.61. The van der Waals surface area contributed by atoms with Crippen LogP contribution in [-0.2, 0) is 0 Å². The van der Waals surface area contributed by atoms with E-state index in [1.807, 2.05) is 0 Å². The van der Waals surface area contributed by atoms with Crippen LogP contribution in [-0.4, -0.2) is 17.2 Å². The topological polar surface area (TPSA) is 37.3 Å². The van der Waals surface area contributed by atoms with Crippen molar-refractivity contribution in [1.29, 1.82) is 0 Å². The lowest BCUT2D eigenvalue weighted by Crippen LogP contribution is -2.14. The fourth-order valence-corrected chi connectivity index (χ4v) is 2.95. The number of rotatable bonds is 2. The molecule has 18 heavy (non-hydrogen) atoms. The van der Waals surface area contributed by atoms with Gasteiger partial charge in [0.15, 0.2) is 0 Å². The molecule has 3 nitrogen and oxygen atoms in total. The van der Waals surface area contributed by atoms with Crippen LogP contribution in [0.15, 0.2) is 35.6 Å². The van der Waals surface area contributed by atoms with Crippen molar-refractivity contribution >= 4 is 28.6 Å². The van der Waals surface area contributed by atoms with Gasteiger partial charge >= 0.3 is 0 Å². The highest BCUT2D eigenvalue weighted by atomic mass is 35.5. The molecule has 0 amide bonds. The SMILES string of the molecule is Fc1ccc(C2=NNCC2c2ncc(Cl)s2)cc1. The predicted octanol–water partition coefficient (Wildman–Crippen LogP) is 3.03. The minimum absolute atomic E-state index is 0.0768. The number of nitrogens with one attached hydrogen (secondary N) is 1. The monoisotopic (exact) mass is 281 g/mol. The Bertz CT molecular complexity index is 594. The normalized spacial score (nSPS) is 18.6. The summed E-state index contributed by atoms with van der Waals surface area (Å²) in [5, 5.41) is 5.19. The molecule has 2 aromatic rings. The first-order valence-electron chi connectivity index (χ1n) is 5.41. The number of halogens is 2. The largest absolute Gasteiger partial charge is 0.309 e. The van der Waals surface area contributed by atoms with Gasteiger partial charge < -0.3 is 5.43 Å². The summed E-state index contributed by atoms with van der Waals surface area (Å²) in [5.41, 5.74) is 4.74. The lowest BCUT2D eigenvalue weighted by Gasteiger charge is -2.08. The molecule has 2 heterocycles. The highest BCUT2D eigenvalue weighted by molar-refractivity contribution is 7.16. The van der Waals surface area contributed by atoms with Gasteiger partial charge in [0.05, 0.1) is 17.8 Å². The molecule has 92 valence electrons. The number of hydrogen-bond donors (Lipinski definition) is 1. The van der Waals surface area contributed by atoms with E-state index in [0.29, 0.717) is 10.9 Å². The van der Waals surface area contributed by atoms with E-state index in [4.69, 9.17) is 11.6 Å². The van der Waals surface area contributed by atoms with Gasteiger partial charge in [-0.3, -0.25) is 0 Å². The molecular formula is C12H9ClFN3S. The van der Waals surface area contributed by atoms with Gasteiger partial charge in [0, 0.05) is 6.54 Å². The van der Waals surface area contributed by atoms with Crippen LogP contribution in [0.4, 0.5) is 4.39 Å². The van der Waals surface area contributed by atoms with Gasteiger partial charge in [-0.15, -0.1) is 11.3 Å². The predicted molar refractivity (Wildman–Crippen MR) is 70.8 cm³/mol. The Morgan fingerprint density at radius 3 is 2.78 bits per heavy atom. The highest BCUT2D eigenvalue weighted by Gasteiger charge is 2.27. The van der Waals surface area contributed by atoms with Crippen molar-refractivity contribution in [2.45, 2.75) is 5.92 Å². The molecular weight excluding hydrogens is 273 g/mol. The van der Waals surface area contributed by atoms with E-state index < -0.39 is 0 Å². The van der Waals surface area contributed by atoms with Crippen molar-refractivity contribution in [1.82, 2.24) is 10.4 Å². The van der Waals surface area contributed by atoms with Crippen LogP contribution in [0.3, 0.4) is 0 Å². The van der Waals surface area contributed by atoms with Gasteiger partial charge in [0.1, 0.15) is 15.2 Å². The second-order valence-electron chi connectivity index (χ2n) is 3.92. The molecule has 0 fully saturated rings. The van der Waals surface area contributed by atoms with Crippen molar-refractivity contribution < 1.29 is 4.39 Å². The van der Waals surface area contributed by atoms with Crippen molar-refractivity contribution in [3.8, 4) is 0 Å². The molecule has 1 aromatic heterocycles. The molecule has 1 N–H and O–H groups in total. The van der Waals surface area contributed by atoms with E-state index >= 15 is 0 Å². The Morgan fingerprint density at radius 2 is 2.11 bits per heavy atom. The van der Waals surface area contributed by atoms with Crippen LogP contribution in [0.1, 0.15) is 16.5 Å². The molecule has 3 rings (SSSR count). The lowest BCUT2D eigenvalue weighted by molar-refractivity contribution is 0.627. The Balaban J connectivity index is 1.94. The Labute approximate surface area is 112 Å². The minimum atomic E-state index is -0.251. The van der Waals surface area contributed by atoms with Crippen molar-refractivity contribution in [3.63, 3.8) is 0 Å². The first-order chi connectivity index (χ1) is 8.74. The van der Waals surface area contributed by atoms with Crippen molar-refractivity contribution in [2.75, 3.05) is 6.54 Å². The summed E-state index contributed by atoms with van der Waals surface area (Å²) in [6, 6.07) is 6.32. The number of hydrogen-bond acceptors (Lipinski definition) is 4. The van der Waals surface area contributed by atoms with Crippen LogP contribution >= 0.6 is 22.9 Å². The van der Waals surface area contributed by atoms with Gasteiger partial charge in [-0.25, -0.2) is 9.37 Å². The minimum Gasteiger partial charge on any atom is -0.309 e. The first kappa shape index (κ1) is 11.6. The van der Waals surface area contributed by atoms with Crippen LogP contribution in [0.25, 0.3) is 0 Å². The number of aromatic nitrogens is 1. The zero-order valence-electron chi connectivity index (χ0n) is 9.23. The maximum atomic E-state index is 12.9. The highest BCUT2D eigenvalue weighted by Crippen LogP contribution is 2.30. The molecule has 1 aliphatic heterocycles. The molecule has 1 unspecified atom stereocenters. The summed E-state index contributed by atoms with van der Waals surface area (Å²) < 4.78 is 13.6. The Morgan fingerprint density at radius 1 is 1.33 bits per heavy atom. The summed E-state index contributed by atoms with van der Waals surface area (Å²) in [6.07, 6.45) is 1.64. The van der Waals surface area contributed by atoms with Crippen molar-refractivity contribution in [3.05, 3.63) is 51.2 Å². The van der Waals surface area contributed by atoms with Gasteiger partial charge in [-0.2, -0.15) is 5.10 Å². The average molecular weight is 282 g/mol. The van der Waals surface area contributed by atoms with Gasteiger partial charge in [-0.1, -0.05) is 23.7 Å². The zero-order valence-corrected chi connectivity index (χ0v) is 10.8. The third-order valence-corrected chi connectivity index (χ3v) is 3.99. The molecule has 0 bridgehead atoms. The second kappa shape index (κ2) is 4.66. The average Bonchev–Trinajstić information content (AvgIpc) is 2.98. The van der Waals surface area contributed by atoms with Gasteiger partial charge in [0.25, 0.3) is 0 Å². The summed E-state index contributed by atoms with van der Waals surface area (Å²) >= 11 is 7.35. The maximum Gasteiger partial charge on any atom is 0.123 e. The van der Waals surface area contributed by atoms with Crippen LogP contribution in [0.2, 0.25) is 4.34 Å². The summed E-state index contributed by atoms with van der Waals surface area (Å²) in [7, 11) is 0. The van der Waals surface area contributed by atoms with E-state index in [0.717, 1.165) is 16.3 Å². The summed E-state index contributed by atoms with van der Waals surface area (Å²) in [5.74, 6) is -0.174. The van der Waals surface area contributed by atoms with Gasteiger partial charge in [-0.05, 0) is 17.7 Å². The number of nitrogens with zero attached hydrogens (tertiary/aromatic N) is 2. The number of hydrazone groups is 1. The number of thiazole rings is 1. The fraction of sp³-hybridized carbons (Fsp3) is 0.167. The van der Waals surface area contributed by atoms with E-state index in [-0.39, 0.29) is 11.7 Å². The fourth-order valence-electron chi connectivity index (χ4n) is 1.92. The van der Waals surface area contributed by atoms with E-state index in [9.17, 15) is 4.39 Å². The molecule has 1 atom stereocenters. The molecule has 0 spiro atoms. The molecule has 6 heteroatoms. The molecule has 0 radical (unpaired) electrons. The second-order valence-corrected chi connectivity index (χ2v) is 5.61. The lowest BCUT2D eigenvalue weighted by atomic mass is 9.98. The standard InChI is InChI=1S/C12H9ClFN3S/c13-10-6-15-12(18-10)9-5-16-17-11(9)7-1-3-8(14)4-2-7/h1-4,6,9,16H,5H2. The Kier molecular flexibility index (Phi) is 3.01. The maximum absolute atomic E-state index is 12.9. The molecule has 0 saturated heterocycles. The molecule has 1 aliphatic rings. The third-order valence-electron chi connectivity index (χ3n) is 2.76. The van der Waals surface area contributed by atoms with Crippen LogP contribution in [0, 0.1) is 5.82 Å². The quantitative estimate of drug-likeness (QED) is 0.919. The summed E-state index contributed by atoms with van der Waals surface area (Å²) in [4.78, 5) is 4.28. The molecule has 0 aliphatic carbocycles. The number of benzene rings is 1. The Hall–Kier alpha value is -1.46. The molecule has 1 aromatic carbocycles.